The summed E-state index contributed by atoms with van der Waals surface area (Å²) in [6, 6.07) is 0. The minimum Gasteiger partial charge on any atom is -0.336 e. The molecule has 1 amide bonds. The molecular weight excluding hydrogens is 158 g/mol. The lowest BCUT2D eigenvalue weighted by atomic mass is 10.3. The fraction of sp³-hybridized carbons (Fsp3) is 0.167. The average molecular weight is 165 g/mol. The fourth-order valence-electron chi connectivity index (χ4n) is 1.00. The molecule has 0 fully saturated rings. The third-order valence-corrected chi connectivity index (χ3v) is 1.49. The van der Waals surface area contributed by atoms with Gasteiger partial charge in [-0.25, -0.2) is 9.97 Å². The van der Waals surface area contributed by atoms with Gasteiger partial charge in [0.2, 0.25) is 0 Å². The van der Waals surface area contributed by atoms with Crippen LogP contribution in [0.3, 0.4) is 0 Å². The maximum Gasteiger partial charge on any atom is 0.276 e. The Hall–Kier alpha value is -1.69. The van der Waals surface area contributed by atoms with Crippen molar-refractivity contribution in [2.24, 2.45) is 5.73 Å². The van der Waals surface area contributed by atoms with E-state index in [0.717, 1.165) is 0 Å². The van der Waals surface area contributed by atoms with Gasteiger partial charge in [0.05, 0.1) is 0 Å². The average Bonchev–Trinajstić information content (AvgIpc) is 2.04. The minimum absolute atomic E-state index is 0.277. The van der Waals surface area contributed by atoms with Gasteiger partial charge < -0.3 is 10.6 Å². The van der Waals surface area contributed by atoms with E-state index in [1.807, 2.05) is 0 Å². The molecule has 1 aromatic rings. The first-order chi connectivity index (χ1) is 5.77. The Morgan fingerprint density at radius 2 is 2.08 bits per heavy atom. The maximum atomic E-state index is 11.2. The van der Waals surface area contributed by atoms with Gasteiger partial charge in [-0.05, 0) is 0 Å². The number of nitrogens with zero attached hydrogens (tertiary/aromatic N) is 2. The standard InChI is InChI=1S/C6H7N5O/c7-6-10-4-3(5(12)11-6)8-1-2-9-4/h1-2,6H,7H2,(H,9,10)(H,11,12)/t6-/m0/s1. The van der Waals surface area contributed by atoms with Crippen LogP contribution in [0.4, 0.5) is 5.82 Å². The quantitative estimate of drug-likeness (QED) is 0.452. The van der Waals surface area contributed by atoms with Crippen LogP contribution in [0.1, 0.15) is 10.5 Å². The van der Waals surface area contributed by atoms with Gasteiger partial charge in [0.1, 0.15) is 0 Å². The number of anilines is 1. The largest absolute Gasteiger partial charge is 0.336 e. The summed E-state index contributed by atoms with van der Waals surface area (Å²) in [5, 5.41) is 5.22. The van der Waals surface area contributed by atoms with Crippen LogP contribution in [-0.4, -0.2) is 22.2 Å². The highest BCUT2D eigenvalue weighted by atomic mass is 16.2. The zero-order chi connectivity index (χ0) is 8.55. The molecule has 12 heavy (non-hydrogen) atoms. The van der Waals surface area contributed by atoms with E-state index in [1.165, 1.54) is 12.4 Å². The van der Waals surface area contributed by atoms with E-state index in [4.69, 9.17) is 5.73 Å². The molecule has 1 aliphatic rings. The predicted octanol–water partition coefficient (Wildman–Crippen LogP) is -1.13. The van der Waals surface area contributed by atoms with E-state index in [9.17, 15) is 4.79 Å². The third-order valence-electron chi connectivity index (χ3n) is 1.49. The van der Waals surface area contributed by atoms with Crippen molar-refractivity contribution in [2.45, 2.75) is 6.29 Å². The third kappa shape index (κ3) is 0.978. The second-order valence-electron chi connectivity index (χ2n) is 2.35. The zero-order valence-corrected chi connectivity index (χ0v) is 6.11. The SMILES string of the molecule is N[C@@H]1NC(=O)c2nccnc2N1. The van der Waals surface area contributed by atoms with Gasteiger partial charge in [-0.3, -0.25) is 10.5 Å². The van der Waals surface area contributed by atoms with Crippen molar-refractivity contribution < 1.29 is 4.79 Å². The zero-order valence-electron chi connectivity index (χ0n) is 6.11. The summed E-state index contributed by atoms with van der Waals surface area (Å²) >= 11 is 0. The van der Waals surface area contributed by atoms with Crippen molar-refractivity contribution in [1.82, 2.24) is 15.3 Å². The molecular formula is C6H7N5O. The summed E-state index contributed by atoms with van der Waals surface area (Å²) in [5.74, 6) is 0.123. The summed E-state index contributed by atoms with van der Waals surface area (Å²) in [6.07, 6.45) is 2.37. The summed E-state index contributed by atoms with van der Waals surface area (Å²) < 4.78 is 0. The molecule has 4 N–H and O–H groups in total. The van der Waals surface area contributed by atoms with Crippen LogP contribution >= 0.6 is 0 Å². The number of nitrogens with one attached hydrogen (secondary N) is 2. The molecule has 0 saturated carbocycles. The smallest absolute Gasteiger partial charge is 0.276 e. The van der Waals surface area contributed by atoms with Gasteiger partial charge in [0.15, 0.2) is 17.8 Å². The highest BCUT2D eigenvalue weighted by Crippen LogP contribution is 2.11. The molecule has 6 nitrogen and oxygen atoms in total. The van der Waals surface area contributed by atoms with E-state index < -0.39 is 6.29 Å². The first-order valence-electron chi connectivity index (χ1n) is 3.41. The molecule has 1 atom stereocenters. The van der Waals surface area contributed by atoms with Gasteiger partial charge in [-0.1, -0.05) is 0 Å². The molecule has 62 valence electrons. The number of rotatable bonds is 0. The number of aromatic nitrogens is 2. The summed E-state index contributed by atoms with van der Waals surface area (Å²) in [4.78, 5) is 18.9. The van der Waals surface area contributed by atoms with E-state index in [1.54, 1.807) is 0 Å². The Kier molecular flexibility index (Phi) is 1.41. The molecule has 0 radical (unpaired) electrons. The Bertz CT molecular complexity index is 325. The lowest BCUT2D eigenvalue weighted by Crippen LogP contribution is -2.51. The van der Waals surface area contributed by atoms with E-state index >= 15 is 0 Å². The van der Waals surface area contributed by atoms with Crippen LogP contribution in [0.5, 0.6) is 0 Å². The molecule has 2 rings (SSSR count). The lowest BCUT2D eigenvalue weighted by molar-refractivity contribution is 0.0931. The van der Waals surface area contributed by atoms with Crippen LogP contribution in [0.2, 0.25) is 0 Å². The molecule has 1 aliphatic heterocycles. The summed E-state index contributed by atoms with van der Waals surface area (Å²) in [6.45, 7) is 0. The lowest BCUT2D eigenvalue weighted by Gasteiger charge is -2.22. The molecule has 0 bridgehead atoms. The van der Waals surface area contributed by atoms with Crippen LogP contribution < -0.4 is 16.4 Å². The van der Waals surface area contributed by atoms with E-state index in [-0.39, 0.29) is 11.6 Å². The van der Waals surface area contributed by atoms with Crippen LogP contribution in [0.25, 0.3) is 0 Å². The number of carbonyl (C=O) groups excluding carboxylic acids is 1. The van der Waals surface area contributed by atoms with E-state index in [0.29, 0.717) is 5.82 Å². The Balaban J connectivity index is 2.47. The molecule has 0 spiro atoms. The Morgan fingerprint density at radius 3 is 2.92 bits per heavy atom. The number of nitrogens with two attached hydrogens (primary N) is 1. The van der Waals surface area contributed by atoms with Gasteiger partial charge in [0.25, 0.3) is 5.91 Å². The van der Waals surface area contributed by atoms with Crippen molar-refractivity contribution in [1.29, 1.82) is 0 Å². The summed E-state index contributed by atoms with van der Waals surface area (Å²) in [5.41, 5.74) is 5.71. The number of carbonyl (C=O) groups is 1. The highest BCUT2D eigenvalue weighted by Gasteiger charge is 2.22. The first-order valence-corrected chi connectivity index (χ1v) is 3.41. The number of hydrogen-bond acceptors (Lipinski definition) is 5. The van der Waals surface area contributed by atoms with Crippen molar-refractivity contribution in [3.63, 3.8) is 0 Å². The second kappa shape index (κ2) is 2.42. The monoisotopic (exact) mass is 165 g/mol. The predicted molar refractivity (Wildman–Crippen MR) is 41.1 cm³/mol. The van der Waals surface area contributed by atoms with E-state index in [2.05, 4.69) is 20.6 Å². The topological polar surface area (TPSA) is 92.9 Å². The van der Waals surface area contributed by atoms with Crippen molar-refractivity contribution >= 4 is 11.7 Å². The molecule has 1 aromatic heterocycles. The van der Waals surface area contributed by atoms with Gasteiger partial charge >= 0.3 is 0 Å². The highest BCUT2D eigenvalue weighted by molar-refractivity contribution is 5.98. The molecule has 6 heteroatoms. The molecule has 0 aromatic carbocycles. The second-order valence-corrected chi connectivity index (χ2v) is 2.35. The van der Waals surface area contributed by atoms with Gasteiger partial charge in [0, 0.05) is 12.4 Å². The molecule has 0 unspecified atom stereocenters. The van der Waals surface area contributed by atoms with Crippen LogP contribution in [0, 0.1) is 0 Å². The summed E-state index contributed by atoms with van der Waals surface area (Å²) in [7, 11) is 0. The Labute approximate surface area is 68.2 Å². The van der Waals surface area contributed by atoms with Crippen LogP contribution in [0.15, 0.2) is 12.4 Å². The van der Waals surface area contributed by atoms with Gasteiger partial charge in [-0.15, -0.1) is 0 Å². The Morgan fingerprint density at radius 1 is 1.33 bits per heavy atom. The van der Waals surface area contributed by atoms with Crippen molar-refractivity contribution in [3.8, 4) is 0 Å². The van der Waals surface area contributed by atoms with Gasteiger partial charge in [-0.2, -0.15) is 0 Å². The van der Waals surface area contributed by atoms with Crippen LogP contribution in [-0.2, 0) is 0 Å². The normalized spacial score (nSPS) is 20.8. The van der Waals surface area contributed by atoms with Crippen molar-refractivity contribution in [3.05, 3.63) is 18.1 Å². The van der Waals surface area contributed by atoms with Crippen molar-refractivity contribution in [2.75, 3.05) is 5.32 Å². The first kappa shape index (κ1) is 6.99. The minimum atomic E-state index is -0.582. The number of fused-ring (bicyclic) bond motifs is 1. The fourth-order valence-corrected chi connectivity index (χ4v) is 1.00. The molecule has 0 saturated heterocycles. The number of amides is 1. The molecule has 2 heterocycles. The molecule has 0 aliphatic carbocycles. The maximum absolute atomic E-state index is 11.2. The number of hydrogen-bond donors (Lipinski definition) is 3.